The highest BCUT2D eigenvalue weighted by atomic mass is 19.4. The van der Waals surface area contributed by atoms with Gasteiger partial charge in [0.1, 0.15) is 0 Å². The van der Waals surface area contributed by atoms with Crippen molar-refractivity contribution in [2.45, 2.75) is 37.9 Å². The molecule has 9 heteroatoms. The Morgan fingerprint density at radius 1 is 1.23 bits per heavy atom. The van der Waals surface area contributed by atoms with Crippen molar-refractivity contribution in [2.24, 2.45) is 11.7 Å². The van der Waals surface area contributed by atoms with Gasteiger partial charge in [-0.3, -0.25) is 4.79 Å². The van der Waals surface area contributed by atoms with E-state index in [4.69, 9.17) is 5.73 Å². The lowest BCUT2D eigenvalue weighted by Crippen LogP contribution is -2.44. The van der Waals surface area contributed by atoms with Crippen LogP contribution in [0.5, 0.6) is 0 Å². The highest BCUT2D eigenvalue weighted by Crippen LogP contribution is 2.29. The molecule has 0 unspecified atom stereocenters. The van der Waals surface area contributed by atoms with Crippen LogP contribution in [0.2, 0.25) is 0 Å². The van der Waals surface area contributed by atoms with E-state index in [2.05, 4.69) is 20.0 Å². The number of benzene rings is 1. The van der Waals surface area contributed by atoms with E-state index in [1.165, 1.54) is 24.3 Å². The van der Waals surface area contributed by atoms with E-state index in [9.17, 15) is 18.0 Å². The van der Waals surface area contributed by atoms with Gasteiger partial charge in [0.05, 0.1) is 0 Å². The second kappa shape index (κ2) is 7.45. The standard InChI is InChI=1S/C17H19F3N4O2/c18-17(19,20)16-23-14(24-26-16)10-5-7-11(8-6-10)15(25)22-13-4-2-1-3-12(13)9-21/h5-8,12-13H,1-4,9,21H2,(H,22,25)/t12-,13+/m1/s1. The number of carbonyl (C=O) groups is 1. The zero-order chi connectivity index (χ0) is 18.7. The number of hydrogen-bond acceptors (Lipinski definition) is 5. The van der Waals surface area contributed by atoms with Crippen molar-refractivity contribution in [2.75, 3.05) is 6.54 Å². The molecule has 1 saturated carbocycles. The first kappa shape index (κ1) is 18.4. The van der Waals surface area contributed by atoms with Crippen LogP contribution in [-0.2, 0) is 6.18 Å². The van der Waals surface area contributed by atoms with Crippen molar-refractivity contribution in [1.29, 1.82) is 0 Å². The molecule has 1 aliphatic rings. The summed E-state index contributed by atoms with van der Waals surface area (Å²) in [5.74, 6) is -1.54. The quantitative estimate of drug-likeness (QED) is 0.865. The summed E-state index contributed by atoms with van der Waals surface area (Å²) in [6.45, 7) is 0.531. The molecule has 26 heavy (non-hydrogen) atoms. The van der Waals surface area contributed by atoms with E-state index < -0.39 is 12.1 Å². The van der Waals surface area contributed by atoms with Gasteiger partial charge in [-0.1, -0.05) is 30.1 Å². The number of amides is 1. The molecule has 2 aromatic rings. The van der Waals surface area contributed by atoms with Gasteiger partial charge < -0.3 is 15.6 Å². The third-order valence-electron chi connectivity index (χ3n) is 4.60. The van der Waals surface area contributed by atoms with Crippen LogP contribution in [0.1, 0.15) is 41.9 Å². The van der Waals surface area contributed by atoms with E-state index in [-0.39, 0.29) is 23.7 Å². The number of aromatic nitrogens is 2. The van der Waals surface area contributed by atoms with Crippen LogP contribution < -0.4 is 11.1 Å². The maximum atomic E-state index is 12.5. The van der Waals surface area contributed by atoms with E-state index in [0.29, 0.717) is 17.7 Å². The predicted molar refractivity (Wildman–Crippen MR) is 87.0 cm³/mol. The Bertz CT molecular complexity index is 758. The number of nitrogens with two attached hydrogens (primary N) is 1. The normalized spacial score (nSPS) is 20.8. The summed E-state index contributed by atoms with van der Waals surface area (Å²) < 4.78 is 41.7. The molecule has 2 atom stereocenters. The molecule has 1 fully saturated rings. The fourth-order valence-corrected chi connectivity index (χ4v) is 3.16. The topological polar surface area (TPSA) is 94.0 Å². The van der Waals surface area contributed by atoms with E-state index >= 15 is 0 Å². The monoisotopic (exact) mass is 368 g/mol. The van der Waals surface area contributed by atoms with Crippen molar-refractivity contribution in [3.05, 3.63) is 35.7 Å². The predicted octanol–water partition coefficient (Wildman–Crippen LogP) is 3.00. The van der Waals surface area contributed by atoms with Crippen molar-refractivity contribution >= 4 is 5.91 Å². The molecule has 0 aliphatic heterocycles. The van der Waals surface area contributed by atoms with Gasteiger partial charge in [-0.25, -0.2) is 0 Å². The van der Waals surface area contributed by atoms with Gasteiger partial charge in [0.25, 0.3) is 5.91 Å². The molecule has 140 valence electrons. The van der Waals surface area contributed by atoms with Gasteiger partial charge in [0.15, 0.2) is 0 Å². The Morgan fingerprint density at radius 2 is 1.92 bits per heavy atom. The molecule has 0 saturated heterocycles. The first-order valence-corrected chi connectivity index (χ1v) is 8.40. The Hall–Kier alpha value is -2.42. The lowest BCUT2D eigenvalue weighted by atomic mass is 9.84. The maximum Gasteiger partial charge on any atom is 0.471 e. The highest BCUT2D eigenvalue weighted by molar-refractivity contribution is 5.94. The van der Waals surface area contributed by atoms with Gasteiger partial charge in [-0.15, -0.1) is 0 Å². The number of carbonyl (C=O) groups excluding carboxylic acids is 1. The molecule has 1 heterocycles. The number of halogens is 3. The Morgan fingerprint density at radius 3 is 2.54 bits per heavy atom. The Balaban J connectivity index is 1.69. The minimum absolute atomic E-state index is 0.0486. The number of alkyl halides is 3. The number of nitrogens with zero attached hydrogens (tertiary/aromatic N) is 2. The summed E-state index contributed by atoms with van der Waals surface area (Å²) >= 11 is 0. The maximum absolute atomic E-state index is 12.5. The lowest BCUT2D eigenvalue weighted by Gasteiger charge is -2.31. The lowest BCUT2D eigenvalue weighted by molar-refractivity contribution is -0.159. The fourth-order valence-electron chi connectivity index (χ4n) is 3.16. The van der Waals surface area contributed by atoms with Crippen molar-refractivity contribution in [3.63, 3.8) is 0 Å². The molecule has 0 bridgehead atoms. The third kappa shape index (κ3) is 4.04. The summed E-state index contributed by atoms with van der Waals surface area (Å²) in [6, 6.07) is 6.07. The molecule has 0 radical (unpaired) electrons. The van der Waals surface area contributed by atoms with Gasteiger partial charge in [-0.2, -0.15) is 18.2 Å². The summed E-state index contributed by atoms with van der Waals surface area (Å²) in [5.41, 5.74) is 6.51. The number of hydrogen-bond donors (Lipinski definition) is 2. The molecular weight excluding hydrogens is 349 g/mol. The molecular formula is C17H19F3N4O2. The number of nitrogens with one attached hydrogen (secondary N) is 1. The summed E-state index contributed by atoms with van der Waals surface area (Å²) in [7, 11) is 0. The minimum atomic E-state index is -4.69. The van der Waals surface area contributed by atoms with Crippen molar-refractivity contribution in [3.8, 4) is 11.4 Å². The Kier molecular flexibility index (Phi) is 5.26. The van der Waals surface area contributed by atoms with Gasteiger partial charge in [0, 0.05) is 17.2 Å². The van der Waals surface area contributed by atoms with E-state index in [1.54, 1.807) is 0 Å². The summed E-state index contributed by atoms with van der Waals surface area (Å²) in [4.78, 5) is 15.7. The molecule has 1 aliphatic carbocycles. The van der Waals surface area contributed by atoms with Crippen LogP contribution in [-0.4, -0.2) is 28.6 Å². The Labute approximate surface area is 148 Å². The first-order valence-electron chi connectivity index (χ1n) is 8.40. The molecule has 1 aromatic heterocycles. The second-order valence-corrected chi connectivity index (χ2v) is 6.36. The molecule has 0 spiro atoms. The van der Waals surface area contributed by atoms with Crippen LogP contribution in [0.15, 0.2) is 28.8 Å². The summed E-state index contributed by atoms with van der Waals surface area (Å²) in [6.07, 6.45) is -0.619. The zero-order valence-corrected chi connectivity index (χ0v) is 13.9. The van der Waals surface area contributed by atoms with Crippen LogP contribution in [0.4, 0.5) is 13.2 Å². The molecule has 3 rings (SSSR count). The average Bonchev–Trinajstić information content (AvgIpc) is 3.13. The van der Waals surface area contributed by atoms with Crippen LogP contribution in [0.25, 0.3) is 11.4 Å². The van der Waals surface area contributed by atoms with Gasteiger partial charge in [-0.05, 0) is 37.4 Å². The smallest absolute Gasteiger partial charge is 0.349 e. The van der Waals surface area contributed by atoms with Crippen LogP contribution in [0.3, 0.4) is 0 Å². The average molecular weight is 368 g/mol. The highest BCUT2D eigenvalue weighted by Gasteiger charge is 2.38. The SMILES string of the molecule is NC[C@H]1CCCC[C@@H]1NC(=O)c1ccc(-c2noc(C(F)(F)F)n2)cc1. The largest absolute Gasteiger partial charge is 0.471 e. The summed E-state index contributed by atoms with van der Waals surface area (Å²) in [5, 5.41) is 6.32. The first-order chi connectivity index (χ1) is 12.4. The molecule has 1 aromatic carbocycles. The van der Waals surface area contributed by atoms with E-state index in [0.717, 1.165) is 25.7 Å². The third-order valence-corrected chi connectivity index (χ3v) is 4.60. The zero-order valence-electron chi connectivity index (χ0n) is 13.9. The number of rotatable bonds is 4. The fraction of sp³-hybridized carbons (Fsp3) is 0.471. The van der Waals surface area contributed by atoms with Crippen LogP contribution in [0, 0.1) is 5.92 Å². The second-order valence-electron chi connectivity index (χ2n) is 6.36. The minimum Gasteiger partial charge on any atom is -0.349 e. The van der Waals surface area contributed by atoms with Crippen molar-refractivity contribution < 1.29 is 22.5 Å². The molecule has 6 nitrogen and oxygen atoms in total. The van der Waals surface area contributed by atoms with Gasteiger partial charge in [0.2, 0.25) is 5.82 Å². The van der Waals surface area contributed by atoms with E-state index in [1.807, 2.05) is 0 Å². The van der Waals surface area contributed by atoms with Crippen molar-refractivity contribution in [1.82, 2.24) is 15.5 Å². The van der Waals surface area contributed by atoms with Gasteiger partial charge >= 0.3 is 12.1 Å². The molecule has 1 amide bonds. The van der Waals surface area contributed by atoms with Crippen LogP contribution >= 0.6 is 0 Å². The molecule has 3 N–H and O–H groups in total.